The first kappa shape index (κ1) is 16.5. The highest BCUT2D eigenvalue weighted by Crippen LogP contribution is 2.23. The maximum atomic E-state index is 12.3. The quantitative estimate of drug-likeness (QED) is 0.803. The van der Waals surface area contributed by atoms with Gasteiger partial charge in [-0.3, -0.25) is 14.9 Å². The molecule has 128 valence electrons. The number of aryl methyl sites for hydroxylation is 1. The molecule has 0 aliphatic carbocycles. The van der Waals surface area contributed by atoms with Crippen LogP contribution in [0.4, 0.5) is 4.79 Å². The van der Waals surface area contributed by atoms with Crippen LogP contribution in [-0.2, 0) is 16.0 Å². The summed E-state index contributed by atoms with van der Waals surface area (Å²) in [6, 6.07) is 9.22. The average molecular weight is 329 g/mol. The van der Waals surface area contributed by atoms with Gasteiger partial charge in [0.05, 0.1) is 6.42 Å². The van der Waals surface area contributed by atoms with Crippen LogP contribution in [0.1, 0.15) is 31.2 Å². The lowest BCUT2D eigenvalue weighted by Gasteiger charge is -2.32. The maximum Gasteiger partial charge on any atom is 0.322 e. The highest BCUT2D eigenvalue weighted by atomic mass is 16.2. The van der Waals surface area contributed by atoms with Gasteiger partial charge in [0.2, 0.25) is 5.91 Å². The monoisotopic (exact) mass is 329 g/mol. The van der Waals surface area contributed by atoms with Gasteiger partial charge < -0.3 is 10.2 Å². The van der Waals surface area contributed by atoms with Gasteiger partial charge in [0, 0.05) is 13.1 Å². The minimum absolute atomic E-state index is 0.0479. The van der Waals surface area contributed by atoms with E-state index in [1.165, 1.54) is 5.56 Å². The second kappa shape index (κ2) is 7.47. The summed E-state index contributed by atoms with van der Waals surface area (Å²) in [5.74, 6) is 0.175. The molecule has 2 heterocycles. The Morgan fingerprint density at radius 3 is 2.46 bits per heavy atom. The summed E-state index contributed by atoms with van der Waals surface area (Å²) >= 11 is 0. The fourth-order valence-corrected chi connectivity index (χ4v) is 3.39. The fourth-order valence-electron chi connectivity index (χ4n) is 3.39. The first-order valence-corrected chi connectivity index (χ1v) is 8.55. The van der Waals surface area contributed by atoms with Crippen molar-refractivity contribution in [2.45, 2.75) is 38.1 Å². The Kier molecular flexibility index (Phi) is 5.13. The van der Waals surface area contributed by atoms with Gasteiger partial charge in [-0.1, -0.05) is 30.3 Å². The minimum atomic E-state index is -0.721. The zero-order valence-electron chi connectivity index (χ0n) is 13.7. The Hall–Kier alpha value is -2.37. The predicted octanol–water partition coefficient (Wildman–Crippen LogP) is 1.46. The van der Waals surface area contributed by atoms with Crippen LogP contribution >= 0.6 is 0 Å². The molecular weight excluding hydrogens is 306 g/mol. The number of urea groups is 1. The smallest absolute Gasteiger partial charge is 0.322 e. The third-order valence-corrected chi connectivity index (χ3v) is 4.89. The summed E-state index contributed by atoms with van der Waals surface area (Å²) in [7, 11) is 0. The van der Waals surface area contributed by atoms with Crippen LogP contribution in [0.25, 0.3) is 0 Å². The number of nitrogens with zero attached hydrogens (tertiary/aromatic N) is 1. The zero-order valence-corrected chi connectivity index (χ0v) is 13.7. The number of imide groups is 1. The van der Waals surface area contributed by atoms with Gasteiger partial charge >= 0.3 is 6.03 Å². The van der Waals surface area contributed by atoms with Crippen molar-refractivity contribution in [3.63, 3.8) is 0 Å². The van der Waals surface area contributed by atoms with Crippen molar-refractivity contribution in [2.24, 2.45) is 5.92 Å². The number of hydrogen-bond donors (Lipinski definition) is 2. The van der Waals surface area contributed by atoms with Gasteiger partial charge in [-0.05, 0) is 37.2 Å². The van der Waals surface area contributed by atoms with E-state index in [1.807, 2.05) is 11.0 Å². The maximum absolute atomic E-state index is 12.3. The molecule has 4 amide bonds. The van der Waals surface area contributed by atoms with Crippen LogP contribution in [0.5, 0.6) is 0 Å². The van der Waals surface area contributed by atoms with Crippen molar-refractivity contribution < 1.29 is 14.4 Å². The Morgan fingerprint density at radius 1 is 1.12 bits per heavy atom. The second-order valence-electron chi connectivity index (χ2n) is 6.57. The summed E-state index contributed by atoms with van der Waals surface area (Å²) < 4.78 is 0. The first-order valence-electron chi connectivity index (χ1n) is 8.55. The summed E-state index contributed by atoms with van der Waals surface area (Å²) in [5, 5.41) is 4.63. The molecule has 0 spiro atoms. The van der Waals surface area contributed by atoms with Gasteiger partial charge in [-0.25, -0.2) is 4.79 Å². The number of likely N-dealkylation sites (tertiary alicyclic amines) is 1. The lowest BCUT2D eigenvalue weighted by atomic mass is 9.90. The molecule has 0 unspecified atom stereocenters. The van der Waals surface area contributed by atoms with Crippen molar-refractivity contribution in [3.8, 4) is 0 Å². The third-order valence-electron chi connectivity index (χ3n) is 4.89. The van der Waals surface area contributed by atoms with Crippen LogP contribution in [0.2, 0.25) is 0 Å². The van der Waals surface area contributed by atoms with E-state index in [9.17, 15) is 14.4 Å². The lowest BCUT2D eigenvalue weighted by molar-refractivity contribution is -0.135. The van der Waals surface area contributed by atoms with Gasteiger partial charge in [-0.15, -0.1) is 0 Å². The summed E-state index contributed by atoms with van der Waals surface area (Å²) in [4.78, 5) is 36.7. The highest BCUT2D eigenvalue weighted by Gasteiger charge is 2.33. The standard InChI is InChI=1S/C18H23N3O3/c22-16(12-15-17(23)20-18(24)19-15)21-10-8-14(9-11-21)7-6-13-4-2-1-3-5-13/h1-5,14-15H,6-12H2,(H2,19,20,23,24)/t15-/m0/s1. The largest absolute Gasteiger partial charge is 0.343 e. The molecule has 0 aromatic heterocycles. The van der Waals surface area contributed by atoms with Gasteiger partial charge in [-0.2, -0.15) is 0 Å². The zero-order chi connectivity index (χ0) is 16.9. The molecule has 0 saturated carbocycles. The van der Waals surface area contributed by atoms with Gasteiger partial charge in [0.15, 0.2) is 0 Å². The molecule has 2 aliphatic heterocycles. The molecule has 2 saturated heterocycles. The molecular formula is C18H23N3O3. The van der Waals surface area contributed by atoms with E-state index in [1.54, 1.807) is 0 Å². The molecule has 2 fully saturated rings. The Morgan fingerprint density at radius 2 is 1.83 bits per heavy atom. The molecule has 6 heteroatoms. The van der Waals surface area contributed by atoms with Crippen LogP contribution in [0, 0.1) is 5.92 Å². The molecule has 3 rings (SSSR count). The molecule has 6 nitrogen and oxygen atoms in total. The minimum Gasteiger partial charge on any atom is -0.343 e. The van der Waals surface area contributed by atoms with E-state index < -0.39 is 18.0 Å². The van der Waals surface area contributed by atoms with Crippen LogP contribution in [0.3, 0.4) is 0 Å². The van der Waals surface area contributed by atoms with Crippen LogP contribution in [-0.4, -0.2) is 41.9 Å². The molecule has 0 bridgehead atoms. The molecule has 1 atom stereocenters. The number of amides is 4. The number of rotatable bonds is 5. The van der Waals surface area contributed by atoms with E-state index in [-0.39, 0.29) is 12.3 Å². The van der Waals surface area contributed by atoms with E-state index in [4.69, 9.17) is 0 Å². The second-order valence-corrected chi connectivity index (χ2v) is 6.57. The van der Waals surface area contributed by atoms with Crippen molar-refractivity contribution in [2.75, 3.05) is 13.1 Å². The number of hydrogen-bond acceptors (Lipinski definition) is 3. The average Bonchev–Trinajstić information content (AvgIpc) is 2.91. The molecule has 2 N–H and O–H groups in total. The molecule has 0 radical (unpaired) electrons. The van der Waals surface area contributed by atoms with Crippen LogP contribution in [0.15, 0.2) is 30.3 Å². The van der Waals surface area contributed by atoms with Gasteiger partial charge in [0.25, 0.3) is 5.91 Å². The van der Waals surface area contributed by atoms with Crippen molar-refractivity contribution >= 4 is 17.8 Å². The van der Waals surface area contributed by atoms with Crippen molar-refractivity contribution in [1.82, 2.24) is 15.5 Å². The SMILES string of the molecule is O=C1NC(=O)[C@H](CC(=O)N2CCC(CCc3ccccc3)CC2)N1. The summed E-state index contributed by atoms with van der Waals surface area (Å²) in [6.07, 6.45) is 4.27. The molecule has 24 heavy (non-hydrogen) atoms. The van der Waals surface area contributed by atoms with E-state index in [0.29, 0.717) is 5.92 Å². The molecule has 1 aromatic carbocycles. The topological polar surface area (TPSA) is 78.5 Å². The highest BCUT2D eigenvalue weighted by molar-refractivity contribution is 6.05. The Labute approximate surface area is 141 Å². The molecule has 1 aromatic rings. The van der Waals surface area contributed by atoms with Crippen LogP contribution < -0.4 is 10.6 Å². The lowest BCUT2D eigenvalue weighted by Crippen LogP contribution is -2.42. The number of carbonyl (C=O) groups excluding carboxylic acids is 3. The van der Waals surface area contributed by atoms with Crippen molar-refractivity contribution in [3.05, 3.63) is 35.9 Å². The summed E-state index contributed by atoms with van der Waals surface area (Å²) in [5.41, 5.74) is 1.36. The van der Waals surface area contributed by atoms with E-state index >= 15 is 0 Å². The number of piperidine rings is 1. The fraction of sp³-hybridized carbons (Fsp3) is 0.500. The normalized spacial score (nSPS) is 21.5. The Balaban J connectivity index is 1.40. The molecule has 2 aliphatic rings. The van der Waals surface area contributed by atoms with E-state index in [2.05, 4.69) is 34.9 Å². The Bertz CT molecular complexity index is 609. The van der Waals surface area contributed by atoms with E-state index in [0.717, 1.165) is 38.8 Å². The third kappa shape index (κ3) is 4.13. The predicted molar refractivity (Wildman–Crippen MR) is 89.1 cm³/mol. The van der Waals surface area contributed by atoms with Gasteiger partial charge in [0.1, 0.15) is 6.04 Å². The van der Waals surface area contributed by atoms with Crippen molar-refractivity contribution in [1.29, 1.82) is 0 Å². The first-order chi connectivity index (χ1) is 11.6. The number of benzene rings is 1. The number of carbonyl (C=O) groups is 3. The number of nitrogens with one attached hydrogen (secondary N) is 2. The summed E-state index contributed by atoms with van der Waals surface area (Å²) in [6.45, 7) is 1.47.